The molecular formula is C16H23FN2O. The molecule has 3 nitrogen and oxygen atoms in total. The topological polar surface area (TPSA) is 46.3 Å². The number of nitrogens with zero attached hydrogens (tertiary/aromatic N) is 1. The van der Waals surface area contributed by atoms with Gasteiger partial charge in [0.15, 0.2) is 0 Å². The fourth-order valence-corrected chi connectivity index (χ4v) is 2.77. The lowest BCUT2D eigenvalue weighted by Crippen LogP contribution is -2.29. The number of carbonyl (C=O) groups is 1. The number of rotatable bonds is 4. The lowest BCUT2D eigenvalue weighted by Gasteiger charge is -2.21. The standard InChI is InChI=1S/C16H23FN2O/c1-2-12-4-6-16(20)19(8-7-12)11-13-3-5-15(17)14(9-13)10-18/h3,5,9,12H,2,4,6-8,10-11,18H2,1H3. The Bertz CT molecular complexity index is 476. The summed E-state index contributed by atoms with van der Waals surface area (Å²) in [7, 11) is 0. The Labute approximate surface area is 120 Å². The first-order valence-electron chi connectivity index (χ1n) is 7.39. The van der Waals surface area contributed by atoms with Crippen LogP contribution in [-0.4, -0.2) is 17.4 Å². The minimum absolute atomic E-state index is 0.186. The minimum Gasteiger partial charge on any atom is -0.338 e. The lowest BCUT2D eigenvalue weighted by molar-refractivity contribution is -0.131. The van der Waals surface area contributed by atoms with Crippen LogP contribution in [0.25, 0.3) is 0 Å². The first kappa shape index (κ1) is 15.0. The highest BCUT2D eigenvalue weighted by atomic mass is 19.1. The quantitative estimate of drug-likeness (QED) is 0.920. The van der Waals surface area contributed by atoms with E-state index in [-0.39, 0.29) is 18.3 Å². The number of halogens is 1. The maximum absolute atomic E-state index is 13.4. The van der Waals surface area contributed by atoms with Crippen molar-refractivity contribution in [2.45, 2.75) is 45.7 Å². The molecule has 0 aliphatic carbocycles. The van der Waals surface area contributed by atoms with Gasteiger partial charge in [0, 0.05) is 31.6 Å². The summed E-state index contributed by atoms with van der Waals surface area (Å²) in [5, 5.41) is 0. The monoisotopic (exact) mass is 278 g/mol. The van der Waals surface area contributed by atoms with Crippen LogP contribution in [0.2, 0.25) is 0 Å². The first-order valence-corrected chi connectivity index (χ1v) is 7.39. The zero-order valence-electron chi connectivity index (χ0n) is 12.1. The average molecular weight is 278 g/mol. The molecule has 1 fully saturated rings. The van der Waals surface area contributed by atoms with Crippen LogP contribution in [0, 0.1) is 11.7 Å². The third-order valence-corrected chi connectivity index (χ3v) is 4.21. The molecular weight excluding hydrogens is 255 g/mol. The molecule has 110 valence electrons. The van der Waals surface area contributed by atoms with Crippen molar-refractivity contribution in [3.05, 3.63) is 35.1 Å². The van der Waals surface area contributed by atoms with Crippen LogP contribution in [0.3, 0.4) is 0 Å². The van der Waals surface area contributed by atoms with Crippen molar-refractivity contribution in [2.24, 2.45) is 11.7 Å². The highest BCUT2D eigenvalue weighted by Crippen LogP contribution is 2.22. The van der Waals surface area contributed by atoms with Gasteiger partial charge in [-0.15, -0.1) is 0 Å². The Kier molecular flexibility index (Phi) is 5.12. The van der Waals surface area contributed by atoms with Gasteiger partial charge >= 0.3 is 0 Å². The van der Waals surface area contributed by atoms with E-state index in [4.69, 9.17) is 5.73 Å². The molecule has 0 bridgehead atoms. The fraction of sp³-hybridized carbons (Fsp3) is 0.562. The van der Waals surface area contributed by atoms with Crippen LogP contribution >= 0.6 is 0 Å². The Morgan fingerprint density at radius 1 is 1.40 bits per heavy atom. The van der Waals surface area contributed by atoms with Gasteiger partial charge in [0.25, 0.3) is 0 Å². The molecule has 0 radical (unpaired) electrons. The van der Waals surface area contributed by atoms with Gasteiger partial charge in [0.1, 0.15) is 5.82 Å². The van der Waals surface area contributed by atoms with Crippen molar-refractivity contribution in [1.82, 2.24) is 4.90 Å². The molecule has 0 spiro atoms. The Morgan fingerprint density at radius 3 is 2.90 bits per heavy atom. The van der Waals surface area contributed by atoms with Crippen LogP contribution in [0.5, 0.6) is 0 Å². The molecule has 1 heterocycles. The van der Waals surface area contributed by atoms with E-state index >= 15 is 0 Å². The second-order valence-electron chi connectivity index (χ2n) is 5.55. The Hall–Kier alpha value is -1.42. The second-order valence-corrected chi connectivity index (χ2v) is 5.55. The van der Waals surface area contributed by atoms with E-state index < -0.39 is 0 Å². The summed E-state index contributed by atoms with van der Waals surface area (Å²) in [4.78, 5) is 14.0. The molecule has 1 saturated heterocycles. The molecule has 0 saturated carbocycles. The molecule has 4 heteroatoms. The van der Waals surface area contributed by atoms with Gasteiger partial charge in [-0.25, -0.2) is 4.39 Å². The summed E-state index contributed by atoms with van der Waals surface area (Å²) in [5.74, 6) is 0.584. The van der Waals surface area contributed by atoms with Crippen molar-refractivity contribution in [2.75, 3.05) is 6.54 Å². The summed E-state index contributed by atoms with van der Waals surface area (Å²) < 4.78 is 13.4. The number of benzene rings is 1. The van der Waals surface area contributed by atoms with E-state index in [9.17, 15) is 9.18 Å². The number of hydrogen-bond acceptors (Lipinski definition) is 2. The van der Waals surface area contributed by atoms with Gasteiger partial charge in [-0.2, -0.15) is 0 Å². The number of hydrogen-bond donors (Lipinski definition) is 1. The summed E-state index contributed by atoms with van der Waals surface area (Å²) >= 11 is 0. The summed E-state index contributed by atoms with van der Waals surface area (Å²) in [6.45, 7) is 3.72. The van der Waals surface area contributed by atoms with Gasteiger partial charge < -0.3 is 10.6 Å². The molecule has 1 aliphatic rings. The van der Waals surface area contributed by atoms with Crippen molar-refractivity contribution >= 4 is 5.91 Å². The zero-order chi connectivity index (χ0) is 14.5. The molecule has 1 atom stereocenters. The fourth-order valence-electron chi connectivity index (χ4n) is 2.77. The Morgan fingerprint density at radius 2 is 2.20 bits per heavy atom. The van der Waals surface area contributed by atoms with Crippen LogP contribution < -0.4 is 5.73 Å². The summed E-state index contributed by atoms with van der Waals surface area (Å²) in [6.07, 6.45) is 3.81. The van der Waals surface area contributed by atoms with Crippen LogP contribution in [-0.2, 0) is 17.9 Å². The van der Waals surface area contributed by atoms with Crippen molar-refractivity contribution in [3.63, 3.8) is 0 Å². The van der Waals surface area contributed by atoms with Crippen molar-refractivity contribution in [3.8, 4) is 0 Å². The molecule has 20 heavy (non-hydrogen) atoms. The molecule has 2 N–H and O–H groups in total. The van der Waals surface area contributed by atoms with E-state index in [1.807, 2.05) is 4.90 Å². The molecule has 1 amide bonds. The van der Waals surface area contributed by atoms with Crippen LogP contribution in [0.1, 0.15) is 43.7 Å². The first-order chi connectivity index (χ1) is 9.63. The molecule has 0 aromatic heterocycles. The van der Waals surface area contributed by atoms with Gasteiger partial charge in [0.05, 0.1) is 0 Å². The van der Waals surface area contributed by atoms with E-state index in [2.05, 4.69) is 6.92 Å². The maximum Gasteiger partial charge on any atom is 0.222 e. The van der Waals surface area contributed by atoms with Crippen molar-refractivity contribution < 1.29 is 9.18 Å². The average Bonchev–Trinajstić information content (AvgIpc) is 2.63. The lowest BCUT2D eigenvalue weighted by atomic mass is 9.98. The third kappa shape index (κ3) is 3.57. The highest BCUT2D eigenvalue weighted by Gasteiger charge is 2.21. The summed E-state index contributed by atoms with van der Waals surface area (Å²) in [5.41, 5.74) is 6.98. The Balaban J connectivity index is 2.06. The predicted molar refractivity (Wildman–Crippen MR) is 77.3 cm³/mol. The SMILES string of the molecule is CCC1CCC(=O)N(Cc2ccc(F)c(CN)c2)CC1. The van der Waals surface area contributed by atoms with Gasteiger partial charge in [0.2, 0.25) is 5.91 Å². The molecule has 2 rings (SSSR count). The van der Waals surface area contributed by atoms with Gasteiger partial charge in [-0.3, -0.25) is 4.79 Å². The summed E-state index contributed by atoms with van der Waals surface area (Å²) in [6, 6.07) is 4.95. The molecule has 1 unspecified atom stereocenters. The van der Waals surface area contributed by atoms with Gasteiger partial charge in [-0.1, -0.05) is 19.4 Å². The second kappa shape index (κ2) is 6.84. The normalized spacial score (nSPS) is 20.1. The van der Waals surface area contributed by atoms with E-state index in [0.29, 0.717) is 24.4 Å². The molecule has 1 aliphatic heterocycles. The maximum atomic E-state index is 13.4. The minimum atomic E-state index is -0.274. The van der Waals surface area contributed by atoms with E-state index in [0.717, 1.165) is 31.4 Å². The number of nitrogens with two attached hydrogens (primary N) is 1. The smallest absolute Gasteiger partial charge is 0.222 e. The van der Waals surface area contributed by atoms with E-state index in [1.54, 1.807) is 12.1 Å². The highest BCUT2D eigenvalue weighted by molar-refractivity contribution is 5.76. The zero-order valence-corrected chi connectivity index (χ0v) is 12.1. The van der Waals surface area contributed by atoms with E-state index in [1.165, 1.54) is 6.07 Å². The number of likely N-dealkylation sites (tertiary alicyclic amines) is 1. The van der Waals surface area contributed by atoms with Crippen LogP contribution in [0.15, 0.2) is 18.2 Å². The molecule has 1 aromatic rings. The molecule has 1 aromatic carbocycles. The largest absolute Gasteiger partial charge is 0.338 e. The predicted octanol–water partition coefficient (Wildman–Crippen LogP) is 2.82. The number of carbonyl (C=O) groups excluding carboxylic acids is 1. The number of amides is 1. The van der Waals surface area contributed by atoms with Crippen molar-refractivity contribution in [1.29, 1.82) is 0 Å². The van der Waals surface area contributed by atoms with Gasteiger partial charge in [-0.05, 0) is 36.5 Å². The van der Waals surface area contributed by atoms with Crippen LogP contribution in [0.4, 0.5) is 4.39 Å². The third-order valence-electron chi connectivity index (χ3n) is 4.21.